The van der Waals surface area contributed by atoms with Gasteiger partial charge in [0.25, 0.3) is 0 Å². The molecule has 2 fully saturated rings. The Balaban J connectivity index is 0.00000363. The lowest BCUT2D eigenvalue weighted by Crippen LogP contribution is -2.54. The number of morpholine rings is 1. The van der Waals surface area contributed by atoms with Crippen molar-refractivity contribution in [1.29, 1.82) is 0 Å². The summed E-state index contributed by atoms with van der Waals surface area (Å²) < 4.78 is 49.1. The maximum atomic E-state index is 14.2. The van der Waals surface area contributed by atoms with Gasteiger partial charge in [-0.25, -0.2) is 4.39 Å². The van der Waals surface area contributed by atoms with Crippen molar-refractivity contribution in [2.75, 3.05) is 66.1 Å². The monoisotopic (exact) mass is 571 g/mol. The van der Waals surface area contributed by atoms with E-state index in [9.17, 15) is 18.0 Å². The van der Waals surface area contributed by atoms with Crippen LogP contribution in [0, 0.1) is 5.82 Å². The molecule has 2 saturated heterocycles. The number of halogens is 4. The molecule has 0 atom stereocenters. The van der Waals surface area contributed by atoms with Crippen LogP contribution in [0.3, 0.4) is 0 Å². The molecule has 1 aromatic carbocycles. The molecule has 0 saturated carbocycles. The van der Waals surface area contributed by atoms with Crippen molar-refractivity contribution >= 4 is 35.8 Å². The van der Waals surface area contributed by atoms with Crippen LogP contribution in [0.25, 0.3) is 0 Å². The first-order valence-corrected chi connectivity index (χ1v) is 10.2. The maximum absolute atomic E-state index is 14.2. The number of amides is 1. The Morgan fingerprint density at radius 3 is 2.47 bits per heavy atom. The van der Waals surface area contributed by atoms with Crippen LogP contribution in [0.4, 0.5) is 13.2 Å². The van der Waals surface area contributed by atoms with Crippen LogP contribution in [0.2, 0.25) is 0 Å². The standard InChI is InChI=1S/C20H28F3N5O3.HI/c1-24-20(25-13-15-16(21)3-2-4-17(15)31-19(22)23)28-7-5-26(6-8-28)14-18(29)27-9-11-30-12-10-27;/h2-4,19H,5-14H2,1H3,(H,24,25);1H. The highest BCUT2D eigenvalue weighted by Gasteiger charge is 2.24. The molecule has 12 heteroatoms. The van der Waals surface area contributed by atoms with E-state index in [2.05, 4.69) is 19.9 Å². The van der Waals surface area contributed by atoms with E-state index in [1.165, 1.54) is 18.2 Å². The van der Waals surface area contributed by atoms with Crippen LogP contribution in [0.5, 0.6) is 5.75 Å². The van der Waals surface area contributed by atoms with Gasteiger partial charge < -0.3 is 24.6 Å². The van der Waals surface area contributed by atoms with Crippen LogP contribution < -0.4 is 10.1 Å². The average molecular weight is 571 g/mol. The molecule has 0 aliphatic carbocycles. The highest BCUT2D eigenvalue weighted by atomic mass is 127. The Hall–Kier alpha value is -1.80. The quantitative estimate of drug-likeness (QED) is 0.318. The summed E-state index contributed by atoms with van der Waals surface area (Å²) in [7, 11) is 1.61. The van der Waals surface area contributed by atoms with E-state index in [-0.39, 0.29) is 47.7 Å². The van der Waals surface area contributed by atoms with E-state index < -0.39 is 12.4 Å². The Bertz CT molecular complexity index is 773. The van der Waals surface area contributed by atoms with E-state index in [0.29, 0.717) is 65.0 Å². The van der Waals surface area contributed by atoms with E-state index in [0.717, 1.165) is 0 Å². The molecular formula is C20H29F3IN5O3. The van der Waals surface area contributed by atoms with E-state index in [1.807, 2.05) is 9.80 Å². The Kier molecular flexibility index (Phi) is 10.8. The molecule has 2 heterocycles. The summed E-state index contributed by atoms with van der Waals surface area (Å²) in [6.45, 7) is 2.31. The van der Waals surface area contributed by atoms with E-state index in [1.54, 1.807) is 7.05 Å². The summed E-state index contributed by atoms with van der Waals surface area (Å²) in [4.78, 5) is 22.5. The lowest BCUT2D eigenvalue weighted by Gasteiger charge is -2.37. The number of alkyl halides is 2. The lowest BCUT2D eigenvalue weighted by molar-refractivity contribution is -0.136. The van der Waals surface area contributed by atoms with Crippen LogP contribution in [-0.4, -0.2) is 99.3 Å². The third-order valence-corrected chi connectivity index (χ3v) is 5.32. The zero-order valence-corrected chi connectivity index (χ0v) is 20.3. The molecule has 0 radical (unpaired) electrons. The summed E-state index contributed by atoms with van der Waals surface area (Å²) in [6, 6.07) is 3.82. The molecular weight excluding hydrogens is 542 g/mol. The molecule has 32 heavy (non-hydrogen) atoms. The summed E-state index contributed by atoms with van der Waals surface area (Å²) in [5.41, 5.74) is 0.0127. The number of aliphatic imine (C=N–C) groups is 1. The molecule has 180 valence electrons. The largest absolute Gasteiger partial charge is 0.434 e. The van der Waals surface area contributed by atoms with Crippen LogP contribution in [-0.2, 0) is 16.1 Å². The predicted octanol–water partition coefficient (Wildman–Crippen LogP) is 1.60. The summed E-state index contributed by atoms with van der Waals surface area (Å²) in [6.07, 6.45) is 0. The van der Waals surface area contributed by atoms with Crippen molar-refractivity contribution in [1.82, 2.24) is 20.0 Å². The van der Waals surface area contributed by atoms with Gasteiger partial charge in [0.05, 0.1) is 19.8 Å². The Morgan fingerprint density at radius 1 is 1.16 bits per heavy atom. The van der Waals surface area contributed by atoms with Gasteiger partial charge in [0, 0.05) is 58.4 Å². The Labute approximate surface area is 202 Å². The predicted molar refractivity (Wildman–Crippen MR) is 124 cm³/mol. The highest BCUT2D eigenvalue weighted by molar-refractivity contribution is 14.0. The molecule has 0 bridgehead atoms. The van der Waals surface area contributed by atoms with Gasteiger partial charge in [0.15, 0.2) is 5.96 Å². The molecule has 1 amide bonds. The number of rotatable bonds is 6. The van der Waals surface area contributed by atoms with E-state index >= 15 is 0 Å². The maximum Gasteiger partial charge on any atom is 0.387 e. The van der Waals surface area contributed by atoms with Crippen molar-refractivity contribution < 1.29 is 27.4 Å². The minimum atomic E-state index is -3.03. The van der Waals surface area contributed by atoms with Crippen LogP contribution in [0.15, 0.2) is 23.2 Å². The lowest BCUT2D eigenvalue weighted by atomic mass is 10.2. The normalized spacial score (nSPS) is 17.8. The SMILES string of the molecule is CN=C(NCc1c(F)cccc1OC(F)F)N1CCN(CC(=O)N2CCOCC2)CC1.I. The molecule has 2 aliphatic heterocycles. The average Bonchev–Trinajstić information content (AvgIpc) is 2.77. The fourth-order valence-electron chi connectivity index (χ4n) is 3.64. The molecule has 1 N–H and O–H groups in total. The molecule has 0 spiro atoms. The fourth-order valence-corrected chi connectivity index (χ4v) is 3.64. The van der Waals surface area contributed by atoms with Gasteiger partial charge in [0.2, 0.25) is 5.91 Å². The molecule has 8 nitrogen and oxygen atoms in total. The molecule has 0 aromatic heterocycles. The summed E-state index contributed by atoms with van der Waals surface area (Å²) in [5, 5.41) is 3.02. The number of carbonyl (C=O) groups excluding carboxylic acids is 1. The number of nitrogens with zero attached hydrogens (tertiary/aromatic N) is 4. The number of carbonyl (C=O) groups is 1. The van der Waals surface area contributed by atoms with Crippen molar-refractivity contribution in [2.45, 2.75) is 13.2 Å². The first-order chi connectivity index (χ1) is 15.0. The Morgan fingerprint density at radius 2 is 1.84 bits per heavy atom. The van der Waals surface area contributed by atoms with Crippen LogP contribution in [0.1, 0.15) is 5.56 Å². The second kappa shape index (κ2) is 13.0. The zero-order chi connectivity index (χ0) is 22.2. The summed E-state index contributed by atoms with van der Waals surface area (Å²) in [5.74, 6) is -0.201. The zero-order valence-electron chi connectivity index (χ0n) is 17.9. The second-order valence-electron chi connectivity index (χ2n) is 7.25. The van der Waals surface area contributed by atoms with Gasteiger partial charge in [-0.1, -0.05) is 6.07 Å². The van der Waals surface area contributed by atoms with Gasteiger partial charge in [0.1, 0.15) is 11.6 Å². The van der Waals surface area contributed by atoms with Gasteiger partial charge in [-0.2, -0.15) is 8.78 Å². The molecule has 0 unspecified atom stereocenters. The van der Waals surface area contributed by atoms with E-state index in [4.69, 9.17) is 4.74 Å². The highest BCUT2D eigenvalue weighted by Crippen LogP contribution is 2.23. The second-order valence-corrected chi connectivity index (χ2v) is 7.25. The fraction of sp³-hybridized carbons (Fsp3) is 0.600. The number of nitrogens with one attached hydrogen (secondary N) is 1. The molecule has 1 aromatic rings. The third-order valence-electron chi connectivity index (χ3n) is 5.32. The molecule has 3 rings (SSSR count). The smallest absolute Gasteiger partial charge is 0.387 e. The summed E-state index contributed by atoms with van der Waals surface area (Å²) >= 11 is 0. The van der Waals surface area contributed by atoms with Crippen molar-refractivity contribution in [3.8, 4) is 5.75 Å². The van der Waals surface area contributed by atoms with Crippen LogP contribution >= 0.6 is 24.0 Å². The number of piperazine rings is 1. The number of hydrogen-bond acceptors (Lipinski definition) is 5. The topological polar surface area (TPSA) is 69.6 Å². The number of guanidine groups is 1. The van der Waals surface area contributed by atoms with Crippen molar-refractivity contribution in [3.63, 3.8) is 0 Å². The van der Waals surface area contributed by atoms with Gasteiger partial charge in [-0.15, -0.1) is 24.0 Å². The molecule has 2 aliphatic rings. The first kappa shape index (κ1) is 26.5. The first-order valence-electron chi connectivity index (χ1n) is 10.2. The van der Waals surface area contributed by atoms with Gasteiger partial charge >= 0.3 is 6.61 Å². The van der Waals surface area contributed by atoms with Gasteiger partial charge in [-0.3, -0.25) is 14.7 Å². The number of benzene rings is 1. The number of ether oxygens (including phenoxy) is 2. The van der Waals surface area contributed by atoms with Gasteiger partial charge in [-0.05, 0) is 12.1 Å². The minimum Gasteiger partial charge on any atom is -0.434 e. The van der Waals surface area contributed by atoms with Crippen molar-refractivity contribution in [3.05, 3.63) is 29.6 Å². The number of hydrogen-bond donors (Lipinski definition) is 1. The third kappa shape index (κ3) is 7.37. The minimum absolute atomic E-state index is 0. The van der Waals surface area contributed by atoms with Crippen molar-refractivity contribution in [2.24, 2.45) is 4.99 Å².